The van der Waals surface area contributed by atoms with Crippen molar-refractivity contribution in [2.24, 2.45) is 10.7 Å². The number of hydrogen-bond donors (Lipinski definition) is 2. The van der Waals surface area contributed by atoms with Crippen LogP contribution in [0.4, 0.5) is 0 Å². The molecule has 9 heteroatoms. The van der Waals surface area contributed by atoms with E-state index in [1.54, 1.807) is 67.4 Å². The van der Waals surface area contributed by atoms with Gasteiger partial charge in [-0.25, -0.2) is 9.59 Å². The predicted molar refractivity (Wildman–Crippen MR) is 142 cm³/mol. The fraction of sp³-hybridized carbons (Fsp3) is 0.185. The molecule has 0 fully saturated rings. The fourth-order valence-electron chi connectivity index (χ4n) is 3.25. The van der Waals surface area contributed by atoms with Gasteiger partial charge >= 0.3 is 11.9 Å². The van der Waals surface area contributed by atoms with Crippen LogP contribution in [-0.2, 0) is 22.6 Å². The zero-order valence-corrected chi connectivity index (χ0v) is 21.0. The summed E-state index contributed by atoms with van der Waals surface area (Å²) in [4.78, 5) is 31.2. The first-order valence-corrected chi connectivity index (χ1v) is 11.1. The van der Waals surface area contributed by atoms with Crippen LogP contribution in [0.15, 0.2) is 83.9 Å². The number of carbonyl (C=O) groups is 2. The van der Waals surface area contributed by atoms with Gasteiger partial charge in [-0.05, 0) is 54.4 Å². The molecular formula is C27H29ClN4O4. The summed E-state index contributed by atoms with van der Waals surface area (Å²) in [5.74, 6) is -0.465. The van der Waals surface area contributed by atoms with Crippen molar-refractivity contribution in [2.45, 2.75) is 20.0 Å². The number of esters is 2. The van der Waals surface area contributed by atoms with E-state index in [-0.39, 0.29) is 37.2 Å². The van der Waals surface area contributed by atoms with Crippen molar-refractivity contribution in [3.05, 3.63) is 101 Å². The molecule has 0 bridgehead atoms. The number of nitrogen functional groups attached to an aromatic ring is 1. The van der Waals surface area contributed by atoms with E-state index in [1.807, 2.05) is 30.3 Å². The van der Waals surface area contributed by atoms with Crippen molar-refractivity contribution in [2.75, 3.05) is 13.7 Å². The number of halogens is 1. The van der Waals surface area contributed by atoms with Gasteiger partial charge in [-0.1, -0.05) is 42.5 Å². The number of nitrogens with two attached hydrogens (primary N) is 1. The molecule has 0 aliphatic carbocycles. The molecule has 0 radical (unpaired) electrons. The van der Waals surface area contributed by atoms with Crippen LogP contribution in [-0.4, -0.2) is 42.2 Å². The van der Waals surface area contributed by atoms with E-state index < -0.39 is 11.9 Å². The number of carbonyl (C=O) groups excluding carboxylic acids is 2. The van der Waals surface area contributed by atoms with E-state index in [1.165, 1.54) is 0 Å². The van der Waals surface area contributed by atoms with E-state index in [0.717, 1.165) is 11.1 Å². The number of nitrogens with one attached hydrogen (secondary N) is 1. The Kier molecular flexibility index (Phi) is 10.6. The molecule has 36 heavy (non-hydrogen) atoms. The minimum Gasteiger partial charge on any atom is -0.460 e. The molecule has 3 rings (SSSR count). The Morgan fingerprint density at radius 1 is 0.917 bits per heavy atom. The number of amidine groups is 2. The van der Waals surface area contributed by atoms with Crippen LogP contribution in [0, 0.1) is 5.41 Å². The molecule has 8 nitrogen and oxygen atoms in total. The van der Waals surface area contributed by atoms with Crippen molar-refractivity contribution in [3.8, 4) is 5.75 Å². The molecule has 3 aromatic rings. The summed E-state index contributed by atoms with van der Waals surface area (Å²) in [6.45, 7) is 2.76. The monoisotopic (exact) mass is 508 g/mol. The average molecular weight is 509 g/mol. The summed E-state index contributed by atoms with van der Waals surface area (Å²) in [6.07, 6.45) is 0. The largest absolute Gasteiger partial charge is 0.460 e. The lowest BCUT2D eigenvalue weighted by molar-refractivity contribution is -0.135. The van der Waals surface area contributed by atoms with Gasteiger partial charge in [-0.15, -0.1) is 12.4 Å². The molecule has 188 valence electrons. The summed E-state index contributed by atoms with van der Waals surface area (Å²) < 4.78 is 10.6. The normalized spacial score (nSPS) is 10.7. The van der Waals surface area contributed by atoms with Crippen LogP contribution in [0.5, 0.6) is 5.75 Å². The molecule has 0 aromatic heterocycles. The molecule has 0 aliphatic rings. The van der Waals surface area contributed by atoms with Crippen molar-refractivity contribution >= 4 is 36.0 Å². The van der Waals surface area contributed by atoms with Gasteiger partial charge in [-0.2, -0.15) is 0 Å². The Bertz CT molecular complexity index is 1200. The molecule has 0 saturated carbocycles. The molecule has 0 atom stereocenters. The van der Waals surface area contributed by atoms with E-state index in [4.69, 9.17) is 20.6 Å². The maximum absolute atomic E-state index is 12.5. The Labute approximate surface area is 216 Å². The standard InChI is InChI=1S/C27H28N4O4.ClH/c1-3-34-27(33)25(31(2)18-20-7-5-4-6-8-20)30-17-19-9-11-22(12-10-19)26(32)35-23-15-13-21(14-16-23)24(28)29;/h4-16H,3,17-18H2,1-2H3,(H3,28,29);1H/b30-25-;. The molecule has 0 saturated heterocycles. The second-order valence-corrected chi connectivity index (χ2v) is 7.73. The third-order valence-corrected chi connectivity index (χ3v) is 5.06. The second-order valence-electron chi connectivity index (χ2n) is 7.73. The van der Waals surface area contributed by atoms with Crippen LogP contribution in [0.2, 0.25) is 0 Å². The van der Waals surface area contributed by atoms with Crippen LogP contribution < -0.4 is 10.5 Å². The molecule has 0 spiro atoms. The smallest absolute Gasteiger partial charge is 0.373 e. The number of hydrogen-bond acceptors (Lipinski definition) is 6. The summed E-state index contributed by atoms with van der Waals surface area (Å²) >= 11 is 0. The molecule has 3 aromatic carbocycles. The van der Waals surface area contributed by atoms with Crippen molar-refractivity contribution < 1.29 is 19.1 Å². The number of likely N-dealkylation sites (N-methyl/N-ethyl adjacent to an activating group) is 1. The van der Waals surface area contributed by atoms with Gasteiger partial charge in [0.2, 0.25) is 5.84 Å². The Morgan fingerprint density at radius 3 is 2.11 bits per heavy atom. The maximum Gasteiger partial charge on any atom is 0.373 e. The molecule has 0 aliphatic heterocycles. The number of ether oxygens (including phenoxy) is 2. The summed E-state index contributed by atoms with van der Waals surface area (Å²) in [5, 5.41) is 7.41. The highest BCUT2D eigenvalue weighted by Crippen LogP contribution is 2.15. The van der Waals surface area contributed by atoms with Gasteiger partial charge < -0.3 is 20.1 Å². The van der Waals surface area contributed by atoms with E-state index in [0.29, 0.717) is 23.4 Å². The van der Waals surface area contributed by atoms with E-state index in [9.17, 15) is 9.59 Å². The van der Waals surface area contributed by atoms with E-state index in [2.05, 4.69) is 4.99 Å². The van der Waals surface area contributed by atoms with Crippen LogP contribution in [0.25, 0.3) is 0 Å². The van der Waals surface area contributed by atoms with Crippen LogP contribution in [0.1, 0.15) is 34.0 Å². The fourth-order valence-corrected chi connectivity index (χ4v) is 3.25. The number of benzene rings is 3. The molecule has 0 unspecified atom stereocenters. The minimum absolute atomic E-state index is 0. The molecule has 3 N–H and O–H groups in total. The van der Waals surface area contributed by atoms with Gasteiger partial charge in [0.15, 0.2) is 0 Å². The SMILES string of the molecule is CCOC(=O)/C(=N/Cc1ccc(C(=O)Oc2ccc(C(=N)N)cc2)cc1)N(C)Cc1ccccc1.Cl. The van der Waals surface area contributed by atoms with Crippen molar-refractivity contribution in [1.29, 1.82) is 5.41 Å². The Morgan fingerprint density at radius 2 is 1.53 bits per heavy atom. The average Bonchev–Trinajstić information content (AvgIpc) is 2.85. The third kappa shape index (κ3) is 7.95. The highest BCUT2D eigenvalue weighted by Gasteiger charge is 2.18. The van der Waals surface area contributed by atoms with Gasteiger partial charge in [0.25, 0.3) is 0 Å². The molecule has 0 amide bonds. The maximum atomic E-state index is 12.5. The van der Waals surface area contributed by atoms with Gasteiger partial charge in [0.1, 0.15) is 11.6 Å². The predicted octanol–water partition coefficient (Wildman–Crippen LogP) is 4.21. The van der Waals surface area contributed by atoms with E-state index >= 15 is 0 Å². The number of aliphatic imine (C=N–C) groups is 1. The third-order valence-electron chi connectivity index (χ3n) is 5.06. The minimum atomic E-state index is -0.509. The summed E-state index contributed by atoms with van der Waals surface area (Å²) in [5.41, 5.74) is 8.23. The molecule has 0 heterocycles. The van der Waals surface area contributed by atoms with Crippen LogP contribution >= 0.6 is 12.4 Å². The first kappa shape index (κ1) is 28.1. The van der Waals surface area contributed by atoms with Gasteiger partial charge in [0.05, 0.1) is 18.7 Å². The number of rotatable bonds is 8. The van der Waals surface area contributed by atoms with Crippen molar-refractivity contribution in [1.82, 2.24) is 4.90 Å². The summed E-state index contributed by atoms with van der Waals surface area (Å²) in [6, 6.07) is 23.0. The first-order chi connectivity index (χ1) is 16.9. The topological polar surface area (TPSA) is 118 Å². The lowest BCUT2D eigenvalue weighted by Gasteiger charge is -2.20. The highest BCUT2D eigenvalue weighted by molar-refractivity contribution is 6.35. The van der Waals surface area contributed by atoms with Gasteiger partial charge in [-0.3, -0.25) is 10.4 Å². The quantitative estimate of drug-likeness (QED) is 0.204. The molecular weight excluding hydrogens is 480 g/mol. The summed E-state index contributed by atoms with van der Waals surface area (Å²) in [7, 11) is 1.80. The van der Waals surface area contributed by atoms with Gasteiger partial charge in [0, 0.05) is 19.2 Å². The van der Waals surface area contributed by atoms with Crippen molar-refractivity contribution in [3.63, 3.8) is 0 Å². The zero-order valence-electron chi connectivity index (χ0n) is 20.1. The highest BCUT2D eigenvalue weighted by atomic mass is 35.5. The zero-order chi connectivity index (χ0) is 25.2. The Balaban J connectivity index is 0.00000456. The number of nitrogens with zero attached hydrogens (tertiary/aromatic N) is 2. The lowest BCUT2D eigenvalue weighted by Crippen LogP contribution is -2.34. The second kappa shape index (κ2) is 13.7. The lowest BCUT2D eigenvalue weighted by atomic mass is 10.1. The first-order valence-electron chi connectivity index (χ1n) is 11.1. The Hall–Kier alpha value is -4.17. The van der Waals surface area contributed by atoms with Crippen LogP contribution in [0.3, 0.4) is 0 Å².